The van der Waals surface area contributed by atoms with Gasteiger partial charge in [-0.2, -0.15) is 0 Å². The van der Waals surface area contributed by atoms with Gasteiger partial charge in [-0.05, 0) is 28.1 Å². The zero-order chi connectivity index (χ0) is 11.8. The van der Waals surface area contributed by atoms with Crippen molar-refractivity contribution in [2.45, 2.75) is 13.1 Å². The summed E-state index contributed by atoms with van der Waals surface area (Å²) in [4.78, 5) is 4.58. The first-order valence-corrected chi connectivity index (χ1v) is 6.65. The molecular weight excluding hydrogens is 302 g/mol. The first-order valence-electron chi connectivity index (χ1n) is 5.48. The van der Waals surface area contributed by atoms with Crippen LogP contribution in [0.3, 0.4) is 0 Å². The van der Waals surface area contributed by atoms with Gasteiger partial charge in [0.2, 0.25) is 0 Å². The number of nitrogens with one attached hydrogen (secondary N) is 1. The van der Waals surface area contributed by atoms with E-state index in [0.717, 1.165) is 40.6 Å². The summed E-state index contributed by atoms with van der Waals surface area (Å²) >= 11 is 9.74. The maximum absolute atomic E-state index is 6.23. The first kappa shape index (κ1) is 11.3. The van der Waals surface area contributed by atoms with Crippen molar-refractivity contribution in [2.24, 2.45) is 0 Å². The Kier molecular flexibility index (Phi) is 2.94. The minimum absolute atomic E-state index is 0.742. The summed E-state index contributed by atoms with van der Waals surface area (Å²) in [5.74, 6) is 0.943. The van der Waals surface area contributed by atoms with E-state index in [9.17, 15) is 0 Å². The average Bonchev–Trinajstić information content (AvgIpc) is 2.68. The van der Waals surface area contributed by atoms with Crippen molar-refractivity contribution in [1.82, 2.24) is 14.9 Å². The molecule has 17 heavy (non-hydrogen) atoms. The van der Waals surface area contributed by atoms with Gasteiger partial charge in [-0.15, -0.1) is 0 Å². The third-order valence-electron chi connectivity index (χ3n) is 2.94. The number of imidazole rings is 1. The molecule has 3 rings (SSSR count). The average molecular weight is 313 g/mol. The van der Waals surface area contributed by atoms with Crippen molar-refractivity contribution >= 4 is 27.5 Å². The molecule has 0 radical (unpaired) electrons. The fraction of sp³-hybridized carbons (Fsp3) is 0.250. The van der Waals surface area contributed by atoms with E-state index in [4.69, 9.17) is 11.6 Å². The number of hydrogen-bond donors (Lipinski definition) is 1. The molecular formula is C12H11BrClN3. The second-order valence-electron chi connectivity index (χ2n) is 3.98. The van der Waals surface area contributed by atoms with Crippen molar-refractivity contribution in [3.8, 4) is 11.4 Å². The van der Waals surface area contributed by atoms with Crippen molar-refractivity contribution in [1.29, 1.82) is 0 Å². The Hall–Kier alpha value is -0.840. The molecule has 1 aromatic heterocycles. The van der Waals surface area contributed by atoms with Gasteiger partial charge in [0.05, 0.1) is 10.7 Å². The molecule has 0 saturated heterocycles. The number of hydrogen-bond acceptors (Lipinski definition) is 2. The fourth-order valence-electron chi connectivity index (χ4n) is 2.11. The molecule has 0 amide bonds. The van der Waals surface area contributed by atoms with E-state index in [1.165, 1.54) is 5.69 Å². The normalized spacial score (nSPS) is 14.7. The Morgan fingerprint density at radius 1 is 1.35 bits per heavy atom. The highest BCUT2D eigenvalue weighted by Crippen LogP contribution is 2.31. The number of aromatic nitrogens is 2. The van der Waals surface area contributed by atoms with E-state index in [0.29, 0.717) is 0 Å². The maximum Gasteiger partial charge on any atom is 0.143 e. The van der Waals surface area contributed by atoms with Crippen LogP contribution in [0.5, 0.6) is 0 Å². The van der Waals surface area contributed by atoms with Crippen molar-refractivity contribution < 1.29 is 0 Å². The second kappa shape index (κ2) is 4.44. The molecule has 88 valence electrons. The molecule has 0 atom stereocenters. The molecule has 2 aromatic rings. The molecule has 1 N–H and O–H groups in total. The van der Waals surface area contributed by atoms with Crippen LogP contribution in [0.25, 0.3) is 11.4 Å². The predicted octanol–water partition coefficient (Wildman–Crippen LogP) is 3.07. The molecule has 1 aromatic carbocycles. The van der Waals surface area contributed by atoms with Crippen LogP contribution >= 0.6 is 27.5 Å². The lowest BCUT2D eigenvalue weighted by Crippen LogP contribution is -2.28. The number of benzene rings is 1. The topological polar surface area (TPSA) is 29.9 Å². The molecule has 0 aliphatic carbocycles. The Bertz CT molecular complexity index is 565. The molecule has 3 nitrogen and oxygen atoms in total. The third kappa shape index (κ3) is 1.90. The highest BCUT2D eigenvalue weighted by atomic mass is 79.9. The Labute approximate surface area is 113 Å². The van der Waals surface area contributed by atoms with E-state index in [2.05, 4.69) is 30.8 Å². The van der Waals surface area contributed by atoms with Crippen molar-refractivity contribution in [2.75, 3.05) is 6.54 Å². The Balaban J connectivity index is 2.19. The Morgan fingerprint density at radius 3 is 3.00 bits per heavy atom. The van der Waals surface area contributed by atoms with Gasteiger partial charge >= 0.3 is 0 Å². The molecule has 0 spiro atoms. The summed E-state index contributed by atoms with van der Waals surface area (Å²) in [6.45, 7) is 2.74. The summed E-state index contributed by atoms with van der Waals surface area (Å²) in [5.41, 5.74) is 2.18. The minimum atomic E-state index is 0.742. The van der Waals surface area contributed by atoms with Crippen molar-refractivity contribution in [3.05, 3.63) is 39.6 Å². The molecule has 1 aliphatic heterocycles. The number of halogens is 2. The summed E-state index contributed by atoms with van der Waals surface area (Å²) in [5, 5.41) is 4.08. The van der Waals surface area contributed by atoms with Crippen molar-refractivity contribution in [3.63, 3.8) is 0 Å². The second-order valence-corrected chi connectivity index (χ2v) is 5.14. The van der Waals surface area contributed by atoms with E-state index in [1.54, 1.807) is 0 Å². The number of nitrogens with zero attached hydrogens (tertiary/aromatic N) is 2. The largest absolute Gasteiger partial charge is 0.324 e. The van der Waals surface area contributed by atoms with Crippen LogP contribution < -0.4 is 5.32 Å². The van der Waals surface area contributed by atoms with E-state index in [1.807, 2.05) is 24.3 Å². The molecule has 5 heteroatoms. The summed E-state index contributed by atoms with van der Waals surface area (Å²) < 4.78 is 3.13. The van der Waals surface area contributed by atoms with Crippen LogP contribution in [0, 0.1) is 0 Å². The highest BCUT2D eigenvalue weighted by molar-refractivity contribution is 9.10. The summed E-state index contributed by atoms with van der Waals surface area (Å²) in [6, 6.07) is 7.82. The van der Waals surface area contributed by atoms with Gasteiger partial charge in [-0.25, -0.2) is 4.98 Å². The van der Waals surface area contributed by atoms with E-state index in [-0.39, 0.29) is 0 Å². The first-order chi connectivity index (χ1) is 8.27. The van der Waals surface area contributed by atoms with Gasteiger partial charge in [-0.1, -0.05) is 23.7 Å². The van der Waals surface area contributed by atoms with E-state index < -0.39 is 0 Å². The van der Waals surface area contributed by atoms with Gasteiger partial charge in [0.15, 0.2) is 0 Å². The SMILES string of the molecule is Clc1ccccc1-c1nc(Br)c2n1CCNC2. The van der Waals surface area contributed by atoms with Crippen LogP contribution in [0.1, 0.15) is 5.69 Å². The quantitative estimate of drug-likeness (QED) is 0.877. The molecule has 1 aliphatic rings. The van der Waals surface area contributed by atoms with Gasteiger partial charge in [0.25, 0.3) is 0 Å². The van der Waals surface area contributed by atoms with E-state index >= 15 is 0 Å². The maximum atomic E-state index is 6.23. The number of fused-ring (bicyclic) bond motifs is 1. The molecule has 0 fully saturated rings. The Morgan fingerprint density at radius 2 is 2.18 bits per heavy atom. The molecule has 0 bridgehead atoms. The van der Waals surface area contributed by atoms with Crippen LogP contribution in [0.4, 0.5) is 0 Å². The summed E-state index contributed by atoms with van der Waals surface area (Å²) in [6.07, 6.45) is 0. The standard InChI is InChI=1S/C12H11BrClN3/c13-11-10-7-15-5-6-17(10)12(16-11)8-3-1-2-4-9(8)14/h1-4,15H,5-7H2. The van der Waals surface area contributed by atoms with Crippen LogP contribution in [-0.4, -0.2) is 16.1 Å². The molecule has 0 unspecified atom stereocenters. The van der Waals surface area contributed by atoms with Gasteiger partial charge in [-0.3, -0.25) is 0 Å². The van der Waals surface area contributed by atoms with Gasteiger partial charge < -0.3 is 9.88 Å². The third-order valence-corrected chi connectivity index (χ3v) is 3.91. The van der Waals surface area contributed by atoms with Gasteiger partial charge in [0.1, 0.15) is 10.4 Å². The smallest absolute Gasteiger partial charge is 0.143 e. The lowest BCUT2D eigenvalue weighted by atomic mass is 10.2. The lowest BCUT2D eigenvalue weighted by molar-refractivity contribution is 0.518. The van der Waals surface area contributed by atoms with Gasteiger partial charge in [0, 0.05) is 25.2 Å². The highest BCUT2D eigenvalue weighted by Gasteiger charge is 2.20. The summed E-state index contributed by atoms with van der Waals surface area (Å²) in [7, 11) is 0. The van der Waals surface area contributed by atoms with Crippen LogP contribution in [-0.2, 0) is 13.1 Å². The minimum Gasteiger partial charge on any atom is -0.324 e. The molecule has 2 heterocycles. The monoisotopic (exact) mass is 311 g/mol. The zero-order valence-electron chi connectivity index (χ0n) is 9.08. The fourth-order valence-corrected chi connectivity index (χ4v) is 2.85. The molecule has 0 saturated carbocycles. The predicted molar refractivity (Wildman–Crippen MR) is 72.1 cm³/mol. The van der Waals surface area contributed by atoms with Crippen LogP contribution in [0.2, 0.25) is 5.02 Å². The zero-order valence-corrected chi connectivity index (χ0v) is 11.4. The number of rotatable bonds is 1. The lowest BCUT2D eigenvalue weighted by Gasteiger charge is -2.18. The van der Waals surface area contributed by atoms with Crippen LogP contribution in [0.15, 0.2) is 28.9 Å².